The van der Waals surface area contributed by atoms with Crippen molar-refractivity contribution in [3.05, 3.63) is 12.2 Å². The normalized spacial score (nSPS) is 12.4. The second-order valence-corrected chi connectivity index (χ2v) is 5.68. The first-order valence-corrected chi connectivity index (χ1v) is 7.14. The van der Waals surface area contributed by atoms with Gasteiger partial charge in [0.15, 0.2) is 0 Å². The van der Waals surface area contributed by atoms with E-state index in [1.165, 1.54) is 6.26 Å². The highest BCUT2D eigenvalue weighted by Gasteiger charge is 1.97. The highest BCUT2D eigenvalue weighted by Crippen LogP contribution is 1.91. The van der Waals surface area contributed by atoms with Gasteiger partial charge in [-0.3, -0.25) is 0 Å². The maximum absolute atomic E-state index is 10.8. The summed E-state index contributed by atoms with van der Waals surface area (Å²) in [5, 5.41) is 3.20. The van der Waals surface area contributed by atoms with Crippen molar-refractivity contribution in [2.75, 3.05) is 38.8 Å². The minimum atomic E-state index is -2.81. The summed E-state index contributed by atoms with van der Waals surface area (Å²) in [5.74, 6) is 0.237. The summed E-state index contributed by atoms with van der Waals surface area (Å²) < 4.78 is 26.4. The number of hydrogen-bond acceptors (Lipinski definition) is 4. The Labute approximate surface area is 92.6 Å². The van der Waals surface area contributed by atoms with Crippen molar-refractivity contribution in [1.82, 2.24) is 5.32 Å². The molecule has 0 spiro atoms. The van der Waals surface area contributed by atoms with Crippen molar-refractivity contribution < 1.29 is 13.2 Å². The molecule has 0 aliphatic rings. The summed E-state index contributed by atoms with van der Waals surface area (Å²) in [4.78, 5) is 0. The summed E-state index contributed by atoms with van der Waals surface area (Å²) in [6, 6.07) is 0. The van der Waals surface area contributed by atoms with Crippen molar-refractivity contribution in [1.29, 1.82) is 0 Å². The zero-order valence-corrected chi connectivity index (χ0v) is 10.3. The van der Waals surface area contributed by atoms with Crippen LogP contribution in [-0.2, 0) is 14.6 Å². The van der Waals surface area contributed by atoms with Crippen LogP contribution in [0.1, 0.15) is 12.8 Å². The first kappa shape index (κ1) is 14.6. The Morgan fingerprint density at radius 3 is 2.47 bits per heavy atom. The maximum Gasteiger partial charge on any atom is 0.147 e. The molecule has 0 saturated carbocycles. The predicted octanol–water partition coefficient (Wildman–Crippen LogP) is 0.603. The number of ether oxygens (including phenoxy) is 1. The molecule has 1 N–H and O–H groups in total. The number of nitrogens with one attached hydrogen (secondary N) is 1. The summed E-state index contributed by atoms with van der Waals surface area (Å²) in [7, 11) is -1.14. The lowest BCUT2D eigenvalue weighted by atomic mass is 10.3. The van der Waals surface area contributed by atoms with E-state index in [1.54, 1.807) is 7.11 Å². The molecule has 0 aliphatic carbocycles. The molecule has 0 aliphatic heterocycles. The Hall–Kier alpha value is -0.390. The standard InChI is InChI=1S/C10H21NO3S/c1-14-9-8-11-7-5-3-4-6-10-15(2,12)13/h3-4,11H,5-10H2,1-2H3. The van der Waals surface area contributed by atoms with E-state index in [4.69, 9.17) is 4.74 Å². The molecule has 0 unspecified atom stereocenters. The minimum absolute atomic E-state index is 0.237. The first-order valence-electron chi connectivity index (χ1n) is 5.08. The van der Waals surface area contributed by atoms with Gasteiger partial charge in [-0.25, -0.2) is 8.42 Å². The Kier molecular flexibility index (Phi) is 8.65. The Bertz CT molecular complexity index is 260. The molecule has 0 aromatic rings. The molecule has 0 fully saturated rings. The fraction of sp³-hybridized carbons (Fsp3) is 0.800. The summed E-state index contributed by atoms with van der Waals surface area (Å²) in [5.41, 5.74) is 0. The second-order valence-electron chi connectivity index (χ2n) is 3.42. The topological polar surface area (TPSA) is 55.4 Å². The number of rotatable bonds is 9. The Morgan fingerprint density at radius 2 is 1.87 bits per heavy atom. The third-order valence-electron chi connectivity index (χ3n) is 1.79. The molecule has 0 saturated heterocycles. The van der Waals surface area contributed by atoms with Gasteiger partial charge in [0.25, 0.3) is 0 Å². The van der Waals surface area contributed by atoms with E-state index in [9.17, 15) is 8.42 Å². The molecule has 90 valence electrons. The van der Waals surface area contributed by atoms with Gasteiger partial charge in [-0.1, -0.05) is 12.2 Å². The number of hydrogen-bond donors (Lipinski definition) is 1. The van der Waals surface area contributed by atoms with E-state index < -0.39 is 9.84 Å². The third kappa shape index (κ3) is 13.6. The summed E-state index contributed by atoms with van der Waals surface area (Å²) in [6.07, 6.45) is 6.71. The fourth-order valence-corrected chi connectivity index (χ4v) is 1.57. The fourth-order valence-electron chi connectivity index (χ4n) is 1.00. The molecule has 0 atom stereocenters. The van der Waals surface area contributed by atoms with E-state index in [-0.39, 0.29) is 5.75 Å². The lowest BCUT2D eigenvalue weighted by Crippen LogP contribution is -2.19. The van der Waals surface area contributed by atoms with Gasteiger partial charge in [-0.15, -0.1) is 0 Å². The van der Waals surface area contributed by atoms with E-state index >= 15 is 0 Å². The van der Waals surface area contributed by atoms with Crippen molar-refractivity contribution in [2.24, 2.45) is 0 Å². The van der Waals surface area contributed by atoms with Gasteiger partial charge in [-0.2, -0.15) is 0 Å². The Morgan fingerprint density at radius 1 is 1.20 bits per heavy atom. The third-order valence-corrected chi connectivity index (χ3v) is 2.77. The van der Waals surface area contributed by atoms with Crippen LogP contribution in [0, 0.1) is 0 Å². The van der Waals surface area contributed by atoms with Gasteiger partial charge in [0.05, 0.1) is 12.4 Å². The molecule has 0 amide bonds. The van der Waals surface area contributed by atoms with Crippen LogP contribution in [0.4, 0.5) is 0 Å². The smallest absolute Gasteiger partial charge is 0.147 e. The summed E-state index contributed by atoms with van der Waals surface area (Å²) in [6.45, 7) is 2.48. The minimum Gasteiger partial charge on any atom is -0.383 e. The van der Waals surface area contributed by atoms with Crippen molar-refractivity contribution in [2.45, 2.75) is 12.8 Å². The zero-order valence-electron chi connectivity index (χ0n) is 9.53. The van der Waals surface area contributed by atoms with Gasteiger partial charge < -0.3 is 10.1 Å². The molecular formula is C10H21NO3S. The zero-order chi connectivity index (χ0) is 11.6. The van der Waals surface area contributed by atoms with Gasteiger partial charge in [0, 0.05) is 19.9 Å². The molecule has 0 rings (SSSR count). The average Bonchev–Trinajstić information content (AvgIpc) is 2.14. The Balaban J connectivity index is 3.25. The van der Waals surface area contributed by atoms with Crippen LogP contribution >= 0.6 is 0 Å². The number of methoxy groups -OCH3 is 1. The van der Waals surface area contributed by atoms with Crippen LogP contribution < -0.4 is 5.32 Å². The van der Waals surface area contributed by atoms with E-state index in [2.05, 4.69) is 5.32 Å². The molecule has 0 radical (unpaired) electrons. The quantitative estimate of drug-likeness (QED) is 0.470. The van der Waals surface area contributed by atoms with Gasteiger partial charge in [0.2, 0.25) is 0 Å². The molecule has 5 heteroatoms. The largest absolute Gasteiger partial charge is 0.383 e. The van der Waals surface area contributed by atoms with Crippen LogP contribution in [0.2, 0.25) is 0 Å². The highest BCUT2D eigenvalue weighted by molar-refractivity contribution is 7.90. The van der Waals surface area contributed by atoms with Gasteiger partial charge in [-0.05, 0) is 19.4 Å². The first-order chi connectivity index (χ1) is 7.06. The maximum atomic E-state index is 10.8. The second kappa shape index (κ2) is 8.88. The molecule has 0 bridgehead atoms. The van der Waals surface area contributed by atoms with E-state index in [0.29, 0.717) is 6.42 Å². The molecular weight excluding hydrogens is 214 g/mol. The lowest BCUT2D eigenvalue weighted by molar-refractivity contribution is 0.199. The molecule has 0 heterocycles. The van der Waals surface area contributed by atoms with Crippen LogP contribution in [0.15, 0.2) is 12.2 Å². The highest BCUT2D eigenvalue weighted by atomic mass is 32.2. The van der Waals surface area contributed by atoms with Crippen molar-refractivity contribution in [3.63, 3.8) is 0 Å². The lowest BCUT2D eigenvalue weighted by Gasteiger charge is -2.00. The van der Waals surface area contributed by atoms with Crippen LogP contribution in [0.3, 0.4) is 0 Å². The van der Waals surface area contributed by atoms with Crippen LogP contribution in [-0.4, -0.2) is 47.2 Å². The predicted molar refractivity (Wildman–Crippen MR) is 62.8 cm³/mol. The van der Waals surface area contributed by atoms with Gasteiger partial charge in [0.1, 0.15) is 9.84 Å². The SMILES string of the molecule is COCCNCCC=CCCS(C)(=O)=O. The van der Waals surface area contributed by atoms with Crippen molar-refractivity contribution in [3.8, 4) is 0 Å². The average molecular weight is 235 g/mol. The number of sulfone groups is 1. The monoisotopic (exact) mass is 235 g/mol. The van der Waals surface area contributed by atoms with Gasteiger partial charge >= 0.3 is 0 Å². The van der Waals surface area contributed by atoms with Crippen molar-refractivity contribution >= 4 is 9.84 Å². The molecule has 0 aromatic carbocycles. The van der Waals surface area contributed by atoms with Crippen LogP contribution in [0.25, 0.3) is 0 Å². The molecule has 15 heavy (non-hydrogen) atoms. The molecule has 4 nitrogen and oxygen atoms in total. The van der Waals surface area contributed by atoms with E-state index in [1.807, 2.05) is 12.2 Å². The molecule has 0 aromatic heterocycles. The summed E-state index contributed by atoms with van der Waals surface area (Å²) >= 11 is 0. The van der Waals surface area contributed by atoms with Crippen LogP contribution in [0.5, 0.6) is 0 Å². The number of allylic oxidation sites excluding steroid dienone is 1. The van der Waals surface area contributed by atoms with E-state index in [0.717, 1.165) is 26.1 Å².